The number of Topliss-reactive ketones (excluding diaryl/α,β-unsaturated/α-hetero) is 1. The first-order chi connectivity index (χ1) is 15.5. The van der Waals surface area contributed by atoms with Gasteiger partial charge in [-0.3, -0.25) is 13.9 Å². The third-order valence-corrected chi connectivity index (χ3v) is 6.55. The summed E-state index contributed by atoms with van der Waals surface area (Å²) < 4.78 is 21.4. The van der Waals surface area contributed by atoms with Crippen molar-refractivity contribution >= 4 is 13.6 Å². The number of aliphatic hydroxyl groups excluding tert-OH is 2. The molecule has 3 unspecified atom stereocenters. The lowest BCUT2D eigenvalue weighted by atomic mass is 10.0. The van der Waals surface area contributed by atoms with Gasteiger partial charge < -0.3 is 24.1 Å². The Morgan fingerprint density at radius 3 is 1.79 bits per heavy atom. The van der Waals surface area contributed by atoms with Gasteiger partial charge in [0.15, 0.2) is 6.29 Å². The van der Waals surface area contributed by atoms with Crippen LogP contribution in [0.15, 0.2) is 0 Å². The summed E-state index contributed by atoms with van der Waals surface area (Å²) in [5, 5.41) is 19.7. The second kappa shape index (κ2) is 18.9. The monoisotopic (exact) mass is 495 g/mol. The number of carbonyl (C=O) groups is 1. The summed E-state index contributed by atoms with van der Waals surface area (Å²) in [4.78, 5) is 23.7. The third kappa shape index (κ3) is 21.9. The number of unbranched alkanes of at least 4 members (excludes halogenated alkanes) is 12. The predicted molar refractivity (Wildman–Crippen MR) is 129 cm³/mol. The summed E-state index contributed by atoms with van der Waals surface area (Å²) in [5.74, 6) is -0.222. The second-order valence-corrected chi connectivity index (χ2v) is 11.5. The van der Waals surface area contributed by atoms with E-state index in [1.807, 2.05) is 21.1 Å². The van der Waals surface area contributed by atoms with Gasteiger partial charge in [-0.05, 0) is 6.42 Å². The number of carbonyl (C=O) groups excluding carboxylic acids is 1. The number of phosphoric ester groups is 1. The number of aliphatic hydroxyl groups is 2. The Morgan fingerprint density at radius 1 is 0.879 bits per heavy atom. The number of rotatable bonds is 23. The summed E-state index contributed by atoms with van der Waals surface area (Å²) in [6, 6.07) is 0. The first-order valence-corrected chi connectivity index (χ1v) is 14.2. The second-order valence-electron chi connectivity index (χ2n) is 10.1. The number of quaternary nitrogens is 1. The molecule has 0 rings (SSSR count). The lowest BCUT2D eigenvalue weighted by Gasteiger charge is -2.29. The Labute approximate surface area is 201 Å². The minimum absolute atomic E-state index is 0.106. The lowest BCUT2D eigenvalue weighted by molar-refractivity contribution is -0.870. The SMILES string of the molecule is CCCCCCCCCCCCCCCC(=O)CC(O)C(O)OP(=O)([O-])OCC[N+](C)(C)C. The topological polar surface area (TPSA) is 116 Å². The van der Waals surface area contributed by atoms with Crippen LogP contribution in [0.5, 0.6) is 0 Å². The maximum Gasteiger partial charge on any atom is 0.270 e. The Bertz CT molecular complexity index is 539. The summed E-state index contributed by atoms with van der Waals surface area (Å²) >= 11 is 0. The highest BCUT2D eigenvalue weighted by molar-refractivity contribution is 7.45. The minimum atomic E-state index is -4.76. The first kappa shape index (κ1) is 32.7. The number of hydrogen-bond donors (Lipinski definition) is 2. The van der Waals surface area contributed by atoms with E-state index in [9.17, 15) is 24.5 Å². The molecule has 0 aliphatic rings. The van der Waals surface area contributed by atoms with Gasteiger partial charge in [-0.1, -0.05) is 84.0 Å². The molecule has 0 spiro atoms. The van der Waals surface area contributed by atoms with Crippen molar-refractivity contribution in [2.24, 2.45) is 0 Å². The van der Waals surface area contributed by atoms with E-state index >= 15 is 0 Å². The Morgan fingerprint density at radius 2 is 1.33 bits per heavy atom. The van der Waals surface area contributed by atoms with Gasteiger partial charge in [-0.2, -0.15) is 0 Å². The summed E-state index contributed by atoms with van der Waals surface area (Å²) in [7, 11) is 0.865. The van der Waals surface area contributed by atoms with Crippen LogP contribution in [0.3, 0.4) is 0 Å². The van der Waals surface area contributed by atoms with Crippen LogP contribution in [0.1, 0.15) is 103 Å². The summed E-state index contributed by atoms with van der Waals surface area (Å²) in [6.45, 7) is 2.55. The van der Waals surface area contributed by atoms with Gasteiger partial charge in [-0.25, -0.2) is 0 Å². The van der Waals surface area contributed by atoms with Crippen LogP contribution in [0.2, 0.25) is 0 Å². The quantitative estimate of drug-likeness (QED) is 0.0939. The van der Waals surface area contributed by atoms with Crippen molar-refractivity contribution in [2.75, 3.05) is 34.3 Å². The van der Waals surface area contributed by atoms with E-state index in [4.69, 9.17) is 4.52 Å². The fourth-order valence-corrected chi connectivity index (χ4v) is 4.21. The number of ketones is 1. The molecule has 33 heavy (non-hydrogen) atoms. The average molecular weight is 496 g/mol. The highest BCUT2D eigenvalue weighted by atomic mass is 31.2. The van der Waals surface area contributed by atoms with E-state index < -0.39 is 20.2 Å². The van der Waals surface area contributed by atoms with Gasteiger partial charge in [-0.15, -0.1) is 0 Å². The van der Waals surface area contributed by atoms with E-state index in [0.29, 0.717) is 17.4 Å². The van der Waals surface area contributed by atoms with Gasteiger partial charge in [0.1, 0.15) is 25.0 Å². The number of nitrogens with zero attached hydrogens (tertiary/aromatic N) is 1. The molecule has 0 saturated carbocycles. The zero-order valence-electron chi connectivity index (χ0n) is 21.5. The predicted octanol–water partition coefficient (Wildman–Crippen LogP) is 4.31. The molecule has 8 nitrogen and oxygen atoms in total. The van der Waals surface area contributed by atoms with Crippen LogP contribution in [-0.4, -0.2) is 67.2 Å². The summed E-state index contributed by atoms with van der Waals surface area (Å²) in [6.07, 6.45) is 12.1. The van der Waals surface area contributed by atoms with Crippen LogP contribution >= 0.6 is 7.82 Å². The molecule has 0 aliphatic heterocycles. The molecule has 0 aliphatic carbocycles. The first-order valence-electron chi connectivity index (χ1n) is 12.8. The zero-order valence-corrected chi connectivity index (χ0v) is 22.4. The summed E-state index contributed by atoms with van der Waals surface area (Å²) in [5.41, 5.74) is 0. The van der Waals surface area contributed by atoms with Crippen LogP contribution in [-0.2, 0) is 18.4 Å². The molecule has 0 saturated heterocycles. The molecule has 9 heteroatoms. The third-order valence-electron chi connectivity index (χ3n) is 5.57. The number of likely N-dealkylation sites (N-methyl/N-ethyl adjacent to an activating group) is 1. The normalized spacial score (nSPS) is 15.8. The van der Waals surface area contributed by atoms with Gasteiger partial charge >= 0.3 is 0 Å². The van der Waals surface area contributed by atoms with Crippen molar-refractivity contribution in [1.29, 1.82) is 0 Å². The van der Waals surface area contributed by atoms with Crippen LogP contribution < -0.4 is 4.89 Å². The molecule has 0 fully saturated rings. The smallest absolute Gasteiger partial charge is 0.270 e. The zero-order chi connectivity index (χ0) is 25.2. The van der Waals surface area contributed by atoms with E-state index in [1.165, 1.54) is 64.2 Å². The van der Waals surface area contributed by atoms with E-state index in [2.05, 4.69) is 11.4 Å². The molecule has 0 radical (unpaired) electrons. The maximum absolute atomic E-state index is 12.0. The number of hydrogen-bond acceptors (Lipinski definition) is 7. The average Bonchev–Trinajstić information content (AvgIpc) is 2.69. The van der Waals surface area contributed by atoms with Gasteiger partial charge in [0.05, 0.1) is 21.1 Å². The van der Waals surface area contributed by atoms with Crippen molar-refractivity contribution < 1.29 is 38.0 Å². The van der Waals surface area contributed by atoms with Crippen molar-refractivity contribution in [2.45, 2.75) is 116 Å². The molecule has 0 aromatic rings. The van der Waals surface area contributed by atoms with Gasteiger partial charge in [0.25, 0.3) is 7.82 Å². The van der Waals surface area contributed by atoms with Crippen molar-refractivity contribution in [3.8, 4) is 0 Å². The Kier molecular flexibility index (Phi) is 18.7. The Hall–Kier alpha value is -0.340. The van der Waals surface area contributed by atoms with Gasteiger partial charge in [0.2, 0.25) is 0 Å². The maximum atomic E-state index is 12.0. The molecule has 0 aromatic carbocycles. The van der Waals surface area contributed by atoms with Crippen LogP contribution in [0.25, 0.3) is 0 Å². The molecule has 0 heterocycles. The van der Waals surface area contributed by atoms with E-state index in [-0.39, 0.29) is 18.8 Å². The molecule has 198 valence electrons. The van der Waals surface area contributed by atoms with Crippen molar-refractivity contribution in [3.63, 3.8) is 0 Å². The Balaban J connectivity index is 3.76. The molecule has 0 aromatic heterocycles. The van der Waals surface area contributed by atoms with Crippen LogP contribution in [0.4, 0.5) is 0 Å². The standard InChI is InChI=1S/C24H50NO7P/c1-5-6-7-8-9-10-11-12-13-14-15-16-17-18-22(26)21-23(27)24(28)32-33(29,30)31-20-19-25(2,3)4/h23-24,27-28H,5-21H2,1-4H3. The molecule has 2 N–H and O–H groups in total. The van der Waals surface area contributed by atoms with Gasteiger partial charge in [0, 0.05) is 12.8 Å². The highest BCUT2D eigenvalue weighted by Crippen LogP contribution is 2.40. The fraction of sp³-hybridized carbons (Fsp3) is 0.958. The highest BCUT2D eigenvalue weighted by Gasteiger charge is 2.25. The van der Waals surface area contributed by atoms with Crippen molar-refractivity contribution in [3.05, 3.63) is 0 Å². The molecular weight excluding hydrogens is 445 g/mol. The molecular formula is C24H50NO7P. The minimum Gasteiger partial charge on any atom is -0.756 e. The fourth-order valence-electron chi connectivity index (χ4n) is 3.44. The van der Waals surface area contributed by atoms with Crippen molar-refractivity contribution in [1.82, 2.24) is 0 Å². The van der Waals surface area contributed by atoms with E-state index in [1.54, 1.807) is 0 Å². The molecule has 3 atom stereocenters. The lowest BCUT2D eigenvalue weighted by Crippen LogP contribution is -2.38. The number of phosphoric acid groups is 1. The van der Waals surface area contributed by atoms with E-state index in [0.717, 1.165) is 19.3 Å². The molecule has 0 amide bonds. The molecule has 0 bridgehead atoms. The largest absolute Gasteiger partial charge is 0.756 e. The van der Waals surface area contributed by atoms with Crippen LogP contribution in [0, 0.1) is 0 Å².